The number of hydrogen-bond acceptors (Lipinski definition) is 15. The average Bonchev–Trinajstić information content (AvgIpc) is 1.07. The van der Waals surface area contributed by atoms with E-state index in [1.807, 2.05) is 0 Å². The summed E-state index contributed by atoms with van der Waals surface area (Å²) < 4.78 is 68.8. The van der Waals surface area contributed by atoms with Crippen LogP contribution >= 0.6 is 15.6 Å². The number of ether oxygens (including phenoxy) is 4. The lowest BCUT2D eigenvalue weighted by Crippen LogP contribution is -2.30. The number of phosphoric ester groups is 2. The number of esters is 4. The van der Waals surface area contributed by atoms with E-state index in [1.165, 1.54) is 276 Å². The van der Waals surface area contributed by atoms with Gasteiger partial charge in [0, 0.05) is 25.7 Å². The van der Waals surface area contributed by atoms with Crippen LogP contribution < -0.4 is 0 Å². The summed E-state index contributed by atoms with van der Waals surface area (Å²) in [6.07, 6.45) is 69.2. The van der Waals surface area contributed by atoms with Gasteiger partial charge in [-0.25, -0.2) is 9.13 Å². The van der Waals surface area contributed by atoms with Gasteiger partial charge in [0.1, 0.15) is 19.3 Å². The average molecular weight is 1480 g/mol. The third kappa shape index (κ3) is 76.1. The summed E-state index contributed by atoms with van der Waals surface area (Å²) in [5.41, 5.74) is 0. The molecule has 19 heteroatoms. The van der Waals surface area contributed by atoms with Gasteiger partial charge in [-0.1, -0.05) is 394 Å². The number of hydrogen-bond donors (Lipinski definition) is 3. The van der Waals surface area contributed by atoms with Gasteiger partial charge >= 0.3 is 39.5 Å². The molecule has 0 bridgehead atoms. The fourth-order valence-corrected chi connectivity index (χ4v) is 14.4. The molecule has 0 aliphatic heterocycles. The van der Waals surface area contributed by atoms with Crippen LogP contribution in [0.2, 0.25) is 0 Å². The minimum Gasteiger partial charge on any atom is -0.462 e. The van der Waals surface area contributed by atoms with Crippen LogP contribution in [0.25, 0.3) is 0 Å². The molecule has 0 radical (unpaired) electrons. The summed E-state index contributed by atoms with van der Waals surface area (Å²) in [6.45, 7) is 5.04. The molecule has 17 nitrogen and oxygen atoms in total. The predicted octanol–water partition coefficient (Wildman–Crippen LogP) is 25.0. The van der Waals surface area contributed by atoms with E-state index in [0.29, 0.717) is 25.7 Å². The smallest absolute Gasteiger partial charge is 0.462 e. The maximum atomic E-state index is 13.1. The third-order valence-corrected chi connectivity index (χ3v) is 21.3. The summed E-state index contributed by atoms with van der Waals surface area (Å²) in [4.78, 5) is 73.1. The highest BCUT2D eigenvalue weighted by atomic mass is 31.2. The lowest BCUT2D eigenvalue weighted by molar-refractivity contribution is -0.161. The lowest BCUT2D eigenvalue weighted by Gasteiger charge is -2.21. The molecular formula is C82H160O17P2. The Kier molecular flexibility index (Phi) is 74.8. The molecule has 2 unspecified atom stereocenters. The van der Waals surface area contributed by atoms with Crippen LogP contribution in [-0.2, 0) is 65.4 Å². The molecule has 0 aliphatic rings. The Morgan fingerprint density at radius 3 is 0.584 bits per heavy atom. The van der Waals surface area contributed by atoms with Gasteiger partial charge in [-0.3, -0.25) is 37.3 Å². The number of unbranched alkanes of at least 4 members (excludes halogenated alkanes) is 57. The molecule has 0 rings (SSSR count). The van der Waals surface area contributed by atoms with Crippen molar-refractivity contribution < 1.29 is 80.2 Å². The molecule has 5 atom stereocenters. The molecule has 0 amide bonds. The molecule has 0 aromatic rings. The fourth-order valence-electron chi connectivity index (χ4n) is 12.8. The molecule has 600 valence electrons. The minimum atomic E-state index is -4.96. The van der Waals surface area contributed by atoms with Gasteiger partial charge in [0.2, 0.25) is 0 Å². The number of rotatable bonds is 83. The first-order valence-corrected chi connectivity index (χ1v) is 45.8. The lowest BCUT2D eigenvalue weighted by atomic mass is 10.0. The van der Waals surface area contributed by atoms with Crippen molar-refractivity contribution in [3.63, 3.8) is 0 Å². The van der Waals surface area contributed by atoms with Crippen LogP contribution in [0.15, 0.2) is 0 Å². The van der Waals surface area contributed by atoms with Crippen LogP contribution in [0, 0.1) is 0 Å². The number of aliphatic hydroxyl groups excluding tert-OH is 1. The molecular weight excluding hydrogens is 1320 g/mol. The largest absolute Gasteiger partial charge is 0.472 e. The van der Waals surface area contributed by atoms with Crippen molar-refractivity contribution in [1.82, 2.24) is 0 Å². The number of carbonyl (C=O) groups excluding carboxylic acids is 4. The van der Waals surface area contributed by atoms with E-state index in [2.05, 4.69) is 27.7 Å². The van der Waals surface area contributed by atoms with E-state index in [0.717, 1.165) is 89.9 Å². The Labute approximate surface area is 619 Å². The van der Waals surface area contributed by atoms with Crippen LogP contribution in [0.4, 0.5) is 0 Å². The van der Waals surface area contributed by atoms with Gasteiger partial charge in [-0.2, -0.15) is 0 Å². The molecule has 0 aromatic heterocycles. The van der Waals surface area contributed by atoms with Crippen molar-refractivity contribution in [2.24, 2.45) is 0 Å². The van der Waals surface area contributed by atoms with E-state index in [-0.39, 0.29) is 25.7 Å². The van der Waals surface area contributed by atoms with Gasteiger partial charge in [0.05, 0.1) is 26.4 Å². The van der Waals surface area contributed by atoms with Crippen LogP contribution in [0.5, 0.6) is 0 Å². The van der Waals surface area contributed by atoms with Crippen molar-refractivity contribution in [2.75, 3.05) is 39.6 Å². The molecule has 3 N–H and O–H groups in total. The highest BCUT2D eigenvalue weighted by molar-refractivity contribution is 7.47. The zero-order chi connectivity index (χ0) is 73.9. The Bertz CT molecular complexity index is 1910. The Morgan fingerprint density at radius 1 is 0.238 bits per heavy atom. The molecule has 0 saturated carbocycles. The van der Waals surface area contributed by atoms with E-state index in [1.54, 1.807) is 0 Å². The first kappa shape index (κ1) is 99.1. The van der Waals surface area contributed by atoms with Crippen LogP contribution in [0.3, 0.4) is 0 Å². The molecule has 0 spiro atoms. The van der Waals surface area contributed by atoms with E-state index >= 15 is 0 Å². The Morgan fingerprint density at radius 2 is 0.396 bits per heavy atom. The standard InChI is InChI=1S/C82H160O17P2/c1-5-9-13-17-21-25-29-32-35-37-38-39-42-45-49-53-57-61-65-69-82(87)99-78(73-93-80(85)67-63-59-55-51-47-43-41-36-33-30-26-22-18-14-10-6-2)75-97-101(90,91)95-71-76(83)70-94-100(88,89)96-74-77(72-92-79(84)66-62-58-54-50-46-28-24-20-16-12-8-4)98-81(86)68-64-60-56-52-48-44-40-34-31-27-23-19-15-11-7-3/h76-78,83H,5-75H2,1-4H3,(H,88,89)(H,90,91)/t76-,77+,78+/m0/s1. The quantitative estimate of drug-likeness (QED) is 0.0222. The summed E-state index contributed by atoms with van der Waals surface area (Å²) in [7, 11) is -9.92. The fraction of sp³-hybridized carbons (Fsp3) is 0.951. The second-order valence-corrected chi connectivity index (χ2v) is 32.4. The molecule has 0 saturated heterocycles. The van der Waals surface area contributed by atoms with E-state index in [4.69, 9.17) is 37.0 Å². The predicted molar refractivity (Wildman–Crippen MR) is 414 cm³/mol. The van der Waals surface area contributed by atoms with Crippen molar-refractivity contribution in [3.05, 3.63) is 0 Å². The highest BCUT2D eigenvalue weighted by Crippen LogP contribution is 2.45. The molecule has 0 fully saturated rings. The minimum absolute atomic E-state index is 0.109. The van der Waals surface area contributed by atoms with Gasteiger partial charge in [-0.05, 0) is 25.7 Å². The van der Waals surface area contributed by atoms with Crippen molar-refractivity contribution >= 4 is 39.5 Å². The number of carbonyl (C=O) groups is 4. The van der Waals surface area contributed by atoms with Gasteiger partial charge in [0.15, 0.2) is 12.2 Å². The van der Waals surface area contributed by atoms with Crippen molar-refractivity contribution in [2.45, 2.75) is 463 Å². The Hall–Kier alpha value is -1.94. The number of phosphoric acid groups is 2. The molecule has 0 aliphatic carbocycles. The zero-order valence-electron chi connectivity index (χ0n) is 65.9. The Balaban J connectivity index is 5.24. The topological polar surface area (TPSA) is 237 Å². The van der Waals surface area contributed by atoms with Gasteiger partial charge in [-0.15, -0.1) is 0 Å². The SMILES string of the molecule is CCCCCCCCCCCCCCCCCCCCCC(=O)O[C@H](COC(=O)CCCCCCCCCCCCCCCCCC)COP(=O)(O)OC[C@@H](O)COP(=O)(O)OC[C@@H](COC(=O)CCCCCCCCCCCCC)OC(=O)CCCCCCCCCCCCCCCCC. The highest BCUT2D eigenvalue weighted by Gasteiger charge is 2.30. The van der Waals surface area contributed by atoms with Crippen LogP contribution in [0.1, 0.15) is 445 Å². The third-order valence-electron chi connectivity index (χ3n) is 19.4. The van der Waals surface area contributed by atoms with Gasteiger partial charge in [0.25, 0.3) is 0 Å². The summed E-state index contributed by atoms with van der Waals surface area (Å²) in [5.74, 6) is -2.10. The normalized spacial score (nSPS) is 13.8. The second-order valence-electron chi connectivity index (χ2n) is 29.5. The summed E-state index contributed by atoms with van der Waals surface area (Å²) in [6, 6.07) is 0. The summed E-state index contributed by atoms with van der Waals surface area (Å²) in [5, 5.41) is 10.7. The van der Waals surface area contributed by atoms with Gasteiger partial charge < -0.3 is 33.8 Å². The maximum absolute atomic E-state index is 13.1. The first-order chi connectivity index (χ1) is 49.2. The zero-order valence-corrected chi connectivity index (χ0v) is 67.7. The number of aliphatic hydroxyl groups is 1. The maximum Gasteiger partial charge on any atom is 0.472 e. The summed E-state index contributed by atoms with van der Waals surface area (Å²) >= 11 is 0. The monoisotopic (exact) mass is 1480 g/mol. The van der Waals surface area contributed by atoms with E-state index < -0.39 is 97.5 Å². The molecule has 101 heavy (non-hydrogen) atoms. The van der Waals surface area contributed by atoms with Crippen molar-refractivity contribution in [3.8, 4) is 0 Å². The van der Waals surface area contributed by atoms with E-state index in [9.17, 15) is 43.2 Å². The molecule has 0 aromatic carbocycles. The first-order valence-electron chi connectivity index (χ1n) is 42.8. The van der Waals surface area contributed by atoms with Crippen LogP contribution in [-0.4, -0.2) is 96.7 Å². The second kappa shape index (κ2) is 76.3. The van der Waals surface area contributed by atoms with Crippen molar-refractivity contribution in [1.29, 1.82) is 0 Å². The molecule has 0 heterocycles.